The topological polar surface area (TPSA) is 34.1 Å². The number of pyridine rings is 1. The van der Waals surface area contributed by atoms with Crippen LogP contribution in [0.5, 0.6) is 5.75 Å². The molecule has 0 aliphatic heterocycles. The van der Waals surface area contributed by atoms with E-state index in [1.54, 1.807) is 25.6 Å². The second-order valence-corrected chi connectivity index (χ2v) is 3.97. The lowest BCUT2D eigenvalue weighted by atomic mass is 10.2. The van der Waals surface area contributed by atoms with Crippen LogP contribution in [0.2, 0.25) is 5.02 Å². The lowest BCUT2D eigenvalue weighted by molar-refractivity contribution is 0.414. The van der Waals surface area contributed by atoms with E-state index in [0.29, 0.717) is 11.6 Å². The SMILES string of the molecule is COc1cccc(CNc2cnccc2Cl)c1. The van der Waals surface area contributed by atoms with Crippen LogP contribution < -0.4 is 10.1 Å². The molecule has 3 nitrogen and oxygen atoms in total. The van der Waals surface area contributed by atoms with Gasteiger partial charge in [-0.15, -0.1) is 0 Å². The first-order chi connectivity index (χ1) is 8.29. The number of nitrogens with zero attached hydrogens (tertiary/aromatic N) is 1. The van der Waals surface area contributed by atoms with Gasteiger partial charge in [0.15, 0.2) is 0 Å². The van der Waals surface area contributed by atoms with Crippen molar-refractivity contribution in [1.29, 1.82) is 0 Å². The summed E-state index contributed by atoms with van der Waals surface area (Å²) in [5, 5.41) is 3.90. The van der Waals surface area contributed by atoms with Gasteiger partial charge in [0, 0.05) is 12.7 Å². The molecule has 0 radical (unpaired) electrons. The molecule has 0 amide bonds. The van der Waals surface area contributed by atoms with Crippen LogP contribution in [-0.2, 0) is 6.54 Å². The van der Waals surface area contributed by atoms with Gasteiger partial charge in [-0.25, -0.2) is 0 Å². The molecule has 1 N–H and O–H groups in total. The van der Waals surface area contributed by atoms with Crippen LogP contribution in [0.15, 0.2) is 42.7 Å². The van der Waals surface area contributed by atoms with Crippen molar-refractivity contribution in [3.8, 4) is 5.75 Å². The Hall–Kier alpha value is -1.74. The number of rotatable bonds is 4. The van der Waals surface area contributed by atoms with Gasteiger partial charge in [-0.1, -0.05) is 23.7 Å². The average molecular weight is 249 g/mol. The molecule has 0 bridgehead atoms. The Labute approximate surface area is 105 Å². The van der Waals surface area contributed by atoms with Gasteiger partial charge in [-0.2, -0.15) is 0 Å². The summed E-state index contributed by atoms with van der Waals surface area (Å²) in [4.78, 5) is 4.02. The molecule has 4 heteroatoms. The monoisotopic (exact) mass is 248 g/mol. The molecule has 1 aromatic carbocycles. The highest BCUT2D eigenvalue weighted by atomic mass is 35.5. The van der Waals surface area contributed by atoms with Gasteiger partial charge in [0.05, 0.1) is 24.0 Å². The molecule has 0 saturated carbocycles. The van der Waals surface area contributed by atoms with Gasteiger partial charge >= 0.3 is 0 Å². The molecule has 0 fully saturated rings. The molecule has 2 aromatic rings. The molecule has 88 valence electrons. The number of hydrogen-bond donors (Lipinski definition) is 1. The molecule has 1 heterocycles. The highest BCUT2D eigenvalue weighted by Gasteiger charge is 2.00. The summed E-state index contributed by atoms with van der Waals surface area (Å²) in [7, 11) is 1.66. The third-order valence-corrected chi connectivity index (χ3v) is 2.71. The molecule has 0 atom stereocenters. The number of anilines is 1. The molecule has 0 unspecified atom stereocenters. The molecular formula is C13H13ClN2O. The van der Waals surface area contributed by atoms with Gasteiger partial charge < -0.3 is 10.1 Å². The Morgan fingerprint density at radius 1 is 1.35 bits per heavy atom. The van der Waals surface area contributed by atoms with Crippen molar-refractivity contribution < 1.29 is 4.74 Å². The summed E-state index contributed by atoms with van der Waals surface area (Å²) < 4.78 is 5.16. The van der Waals surface area contributed by atoms with Crippen molar-refractivity contribution in [2.24, 2.45) is 0 Å². The second-order valence-electron chi connectivity index (χ2n) is 3.56. The Morgan fingerprint density at radius 2 is 2.24 bits per heavy atom. The molecule has 0 aliphatic rings. The molecule has 0 aliphatic carbocycles. The van der Waals surface area contributed by atoms with Crippen LogP contribution in [0.4, 0.5) is 5.69 Å². The van der Waals surface area contributed by atoms with E-state index in [9.17, 15) is 0 Å². The van der Waals surface area contributed by atoms with Crippen molar-refractivity contribution in [1.82, 2.24) is 4.98 Å². The number of ether oxygens (including phenoxy) is 1. The Morgan fingerprint density at radius 3 is 3.00 bits per heavy atom. The van der Waals surface area contributed by atoms with E-state index >= 15 is 0 Å². The summed E-state index contributed by atoms with van der Waals surface area (Å²) in [6.45, 7) is 0.683. The fourth-order valence-corrected chi connectivity index (χ4v) is 1.66. The molecule has 0 saturated heterocycles. The van der Waals surface area contributed by atoms with Crippen molar-refractivity contribution in [3.05, 3.63) is 53.3 Å². The number of aromatic nitrogens is 1. The van der Waals surface area contributed by atoms with Crippen LogP contribution in [-0.4, -0.2) is 12.1 Å². The van der Waals surface area contributed by atoms with Crippen molar-refractivity contribution in [3.63, 3.8) is 0 Å². The van der Waals surface area contributed by atoms with E-state index in [-0.39, 0.29) is 0 Å². The number of benzene rings is 1. The zero-order valence-electron chi connectivity index (χ0n) is 9.48. The van der Waals surface area contributed by atoms with Gasteiger partial charge in [-0.3, -0.25) is 4.98 Å². The zero-order chi connectivity index (χ0) is 12.1. The highest BCUT2D eigenvalue weighted by molar-refractivity contribution is 6.33. The minimum absolute atomic E-state index is 0.669. The molecule has 17 heavy (non-hydrogen) atoms. The first-order valence-corrected chi connectivity index (χ1v) is 5.63. The second kappa shape index (κ2) is 5.55. The summed E-state index contributed by atoms with van der Waals surface area (Å²) in [6.07, 6.45) is 3.38. The quantitative estimate of drug-likeness (QED) is 0.901. The van der Waals surface area contributed by atoms with Crippen LogP contribution in [0.3, 0.4) is 0 Å². The van der Waals surface area contributed by atoms with E-state index in [1.807, 2.05) is 24.3 Å². The Balaban J connectivity index is 2.05. The maximum absolute atomic E-state index is 6.02. The highest BCUT2D eigenvalue weighted by Crippen LogP contribution is 2.20. The molecule has 0 spiro atoms. The van der Waals surface area contributed by atoms with E-state index < -0.39 is 0 Å². The standard InChI is InChI=1S/C13H13ClN2O/c1-17-11-4-2-3-10(7-11)8-16-13-9-15-6-5-12(13)14/h2-7,9,16H,8H2,1H3. The van der Waals surface area contributed by atoms with Crippen molar-refractivity contribution >= 4 is 17.3 Å². The van der Waals surface area contributed by atoms with Crippen LogP contribution in [0.25, 0.3) is 0 Å². The Kier molecular flexibility index (Phi) is 3.83. The van der Waals surface area contributed by atoms with Crippen molar-refractivity contribution in [2.75, 3.05) is 12.4 Å². The maximum atomic E-state index is 6.02. The predicted molar refractivity (Wildman–Crippen MR) is 69.6 cm³/mol. The summed E-state index contributed by atoms with van der Waals surface area (Å²) >= 11 is 6.02. The minimum atomic E-state index is 0.669. The first kappa shape index (κ1) is 11.7. The van der Waals surface area contributed by atoms with E-state index in [0.717, 1.165) is 17.0 Å². The van der Waals surface area contributed by atoms with Gasteiger partial charge in [0.25, 0.3) is 0 Å². The first-order valence-electron chi connectivity index (χ1n) is 5.26. The van der Waals surface area contributed by atoms with Gasteiger partial charge in [-0.05, 0) is 23.8 Å². The average Bonchev–Trinajstić information content (AvgIpc) is 2.38. The number of hydrogen-bond acceptors (Lipinski definition) is 3. The molecule has 2 rings (SSSR count). The van der Waals surface area contributed by atoms with E-state index in [4.69, 9.17) is 16.3 Å². The Bertz CT molecular complexity index is 502. The predicted octanol–water partition coefficient (Wildman–Crippen LogP) is 3.36. The van der Waals surface area contributed by atoms with Crippen LogP contribution in [0, 0.1) is 0 Å². The lowest BCUT2D eigenvalue weighted by Gasteiger charge is -2.08. The van der Waals surface area contributed by atoms with Gasteiger partial charge in [0.1, 0.15) is 5.75 Å². The lowest BCUT2D eigenvalue weighted by Crippen LogP contribution is -2.00. The minimum Gasteiger partial charge on any atom is -0.497 e. The van der Waals surface area contributed by atoms with E-state index in [2.05, 4.69) is 10.3 Å². The number of halogens is 1. The van der Waals surface area contributed by atoms with Gasteiger partial charge in [0.2, 0.25) is 0 Å². The third-order valence-electron chi connectivity index (χ3n) is 2.38. The van der Waals surface area contributed by atoms with Crippen LogP contribution in [0.1, 0.15) is 5.56 Å². The summed E-state index contributed by atoms with van der Waals surface area (Å²) in [6, 6.07) is 9.65. The van der Waals surface area contributed by atoms with Crippen molar-refractivity contribution in [2.45, 2.75) is 6.54 Å². The normalized spacial score (nSPS) is 10.0. The maximum Gasteiger partial charge on any atom is 0.119 e. The third kappa shape index (κ3) is 3.11. The largest absolute Gasteiger partial charge is 0.497 e. The summed E-state index contributed by atoms with van der Waals surface area (Å²) in [5.41, 5.74) is 1.96. The van der Waals surface area contributed by atoms with E-state index in [1.165, 1.54) is 0 Å². The number of methoxy groups -OCH3 is 1. The molecule has 1 aromatic heterocycles. The van der Waals surface area contributed by atoms with Crippen LogP contribution >= 0.6 is 11.6 Å². The number of nitrogens with one attached hydrogen (secondary N) is 1. The smallest absolute Gasteiger partial charge is 0.119 e. The fourth-order valence-electron chi connectivity index (χ4n) is 1.49. The fraction of sp³-hybridized carbons (Fsp3) is 0.154. The zero-order valence-corrected chi connectivity index (χ0v) is 10.2. The summed E-state index contributed by atoms with van der Waals surface area (Å²) in [5.74, 6) is 0.849. The molecular weight excluding hydrogens is 236 g/mol.